The summed E-state index contributed by atoms with van der Waals surface area (Å²) < 4.78 is 5.23. The largest absolute Gasteiger partial charge is 0.383 e. The van der Waals surface area contributed by atoms with E-state index < -0.39 is 0 Å². The minimum atomic E-state index is 0.424. The van der Waals surface area contributed by atoms with Crippen molar-refractivity contribution in [2.75, 3.05) is 20.3 Å². The zero-order chi connectivity index (χ0) is 11.8. The van der Waals surface area contributed by atoms with Crippen LogP contribution >= 0.6 is 0 Å². The highest BCUT2D eigenvalue weighted by molar-refractivity contribution is 5.22. The molecule has 1 aromatic carbocycles. The van der Waals surface area contributed by atoms with Crippen LogP contribution in [0.1, 0.15) is 24.5 Å². The lowest BCUT2D eigenvalue weighted by Gasteiger charge is -2.17. The summed E-state index contributed by atoms with van der Waals surface area (Å²) in [5, 5.41) is 3.51. The van der Waals surface area contributed by atoms with Crippen LogP contribution < -0.4 is 5.32 Å². The van der Waals surface area contributed by atoms with Gasteiger partial charge in [-0.15, -0.1) is 0 Å². The van der Waals surface area contributed by atoms with Gasteiger partial charge in [-0.1, -0.05) is 36.8 Å². The highest BCUT2D eigenvalue weighted by Gasteiger charge is 2.07. The van der Waals surface area contributed by atoms with E-state index >= 15 is 0 Å². The monoisotopic (exact) mass is 221 g/mol. The van der Waals surface area contributed by atoms with Crippen molar-refractivity contribution >= 4 is 0 Å². The Morgan fingerprint density at radius 3 is 2.50 bits per heavy atom. The first-order chi connectivity index (χ1) is 7.76. The summed E-state index contributed by atoms with van der Waals surface area (Å²) in [5.74, 6) is 0. The fourth-order valence-electron chi connectivity index (χ4n) is 1.75. The van der Waals surface area contributed by atoms with E-state index in [1.807, 2.05) is 0 Å². The molecule has 0 aliphatic rings. The lowest BCUT2D eigenvalue weighted by molar-refractivity contribution is 0.166. The number of benzene rings is 1. The number of ether oxygens (including phenoxy) is 1. The minimum absolute atomic E-state index is 0.424. The second-order valence-electron chi connectivity index (χ2n) is 4.30. The Balaban J connectivity index is 2.49. The normalized spacial score (nSPS) is 12.7. The average molecular weight is 221 g/mol. The topological polar surface area (TPSA) is 21.3 Å². The Bertz CT molecular complexity index is 281. The molecule has 1 rings (SSSR count). The number of hydrogen-bond donors (Lipinski definition) is 1. The van der Waals surface area contributed by atoms with Crippen molar-refractivity contribution in [2.45, 2.75) is 32.7 Å². The maximum absolute atomic E-state index is 5.23. The Hall–Kier alpha value is -0.860. The zero-order valence-corrected chi connectivity index (χ0v) is 10.6. The molecule has 1 aromatic rings. The molecule has 16 heavy (non-hydrogen) atoms. The molecule has 1 N–H and O–H groups in total. The van der Waals surface area contributed by atoms with Crippen LogP contribution in [0, 0.1) is 6.92 Å². The van der Waals surface area contributed by atoms with Crippen molar-refractivity contribution < 1.29 is 4.74 Å². The predicted octanol–water partition coefficient (Wildman–Crippen LogP) is 2.55. The van der Waals surface area contributed by atoms with Crippen LogP contribution in [0.3, 0.4) is 0 Å². The van der Waals surface area contributed by atoms with Gasteiger partial charge in [0.1, 0.15) is 0 Å². The summed E-state index contributed by atoms with van der Waals surface area (Å²) >= 11 is 0. The molecule has 0 aromatic heterocycles. The van der Waals surface area contributed by atoms with Crippen molar-refractivity contribution in [2.24, 2.45) is 0 Å². The minimum Gasteiger partial charge on any atom is -0.383 e. The van der Waals surface area contributed by atoms with Crippen molar-refractivity contribution in [1.82, 2.24) is 5.32 Å². The van der Waals surface area contributed by atoms with E-state index in [0.717, 1.165) is 26.0 Å². The van der Waals surface area contributed by atoms with Crippen LogP contribution in [0.25, 0.3) is 0 Å². The van der Waals surface area contributed by atoms with Gasteiger partial charge in [0.15, 0.2) is 0 Å². The molecule has 0 saturated heterocycles. The van der Waals surface area contributed by atoms with Crippen LogP contribution in [0.5, 0.6) is 0 Å². The van der Waals surface area contributed by atoms with E-state index in [4.69, 9.17) is 4.74 Å². The molecular formula is C14H23NO. The van der Waals surface area contributed by atoms with E-state index in [0.29, 0.717) is 6.04 Å². The van der Waals surface area contributed by atoms with E-state index in [-0.39, 0.29) is 0 Å². The molecule has 0 bridgehead atoms. The SMILES string of the molecule is CCCNC(COC)Cc1ccc(C)cc1. The van der Waals surface area contributed by atoms with Gasteiger partial charge in [-0.3, -0.25) is 0 Å². The van der Waals surface area contributed by atoms with Crippen molar-refractivity contribution in [1.29, 1.82) is 0 Å². The van der Waals surface area contributed by atoms with E-state index in [1.54, 1.807) is 7.11 Å². The molecule has 0 amide bonds. The van der Waals surface area contributed by atoms with Gasteiger partial charge in [0.2, 0.25) is 0 Å². The molecule has 0 aliphatic heterocycles. The first-order valence-corrected chi connectivity index (χ1v) is 6.04. The van der Waals surface area contributed by atoms with E-state index in [1.165, 1.54) is 11.1 Å². The van der Waals surface area contributed by atoms with E-state index in [9.17, 15) is 0 Å². The molecule has 90 valence electrons. The van der Waals surface area contributed by atoms with E-state index in [2.05, 4.69) is 43.4 Å². The quantitative estimate of drug-likeness (QED) is 0.764. The second kappa shape index (κ2) is 7.42. The van der Waals surface area contributed by atoms with Gasteiger partial charge in [-0.05, 0) is 31.9 Å². The van der Waals surface area contributed by atoms with Crippen molar-refractivity contribution in [3.63, 3.8) is 0 Å². The fraction of sp³-hybridized carbons (Fsp3) is 0.571. The molecule has 0 saturated carbocycles. The van der Waals surface area contributed by atoms with Gasteiger partial charge in [-0.2, -0.15) is 0 Å². The lowest BCUT2D eigenvalue weighted by atomic mass is 10.0. The molecule has 0 spiro atoms. The Kier molecular flexibility index (Phi) is 6.12. The van der Waals surface area contributed by atoms with Crippen LogP contribution in [-0.2, 0) is 11.2 Å². The number of nitrogens with one attached hydrogen (secondary N) is 1. The third-order valence-corrected chi connectivity index (χ3v) is 2.65. The Morgan fingerprint density at radius 2 is 1.94 bits per heavy atom. The van der Waals surface area contributed by atoms with Crippen molar-refractivity contribution in [3.05, 3.63) is 35.4 Å². The molecule has 1 unspecified atom stereocenters. The summed E-state index contributed by atoms with van der Waals surface area (Å²) in [4.78, 5) is 0. The highest BCUT2D eigenvalue weighted by atomic mass is 16.5. The van der Waals surface area contributed by atoms with Gasteiger partial charge in [0, 0.05) is 13.2 Å². The van der Waals surface area contributed by atoms with Gasteiger partial charge < -0.3 is 10.1 Å². The van der Waals surface area contributed by atoms with Crippen LogP contribution in [0.15, 0.2) is 24.3 Å². The molecule has 1 atom stereocenters. The molecule has 0 heterocycles. The molecule has 2 heteroatoms. The van der Waals surface area contributed by atoms with Gasteiger partial charge >= 0.3 is 0 Å². The lowest BCUT2D eigenvalue weighted by Crippen LogP contribution is -2.35. The summed E-state index contributed by atoms with van der Waals surface area (Å²) in [6, 6.07) is 9.16. The standard InChI is InChI=1S/C14H23NO/c1-4-9-15-14(11-16-3)10-13-7-5-12(2)6-8-13/h5-8,14-15H,4,9-11H2,1-3H3. The number of aryl methyl sites for hydroxylation is 1. The first-order valence-electron chi connectivity index (χ1n) is 6.04. The molecule has 0 radical (unpaired) electrons. The third kappa shape index (κ3) is 4.77. The van der Waals surface area contributed by atoms with Gasteiger partial charge in [-0.25, -0.2) is 0 Å². The summed E-state index contributed by atoms with van der Waals surface area (Å²) in [6.07, 6.45) is 2.20. The number of hydrogen-bond acceptors (Lipinski definition) is 2. The highest BCUT2D eigenvalue weighted by Crippen LogP contribution is 2.06. The van der Waals surface area contributed by atoms with Crippen LogP contribution in [0.2, 0.25) is 0 Å². The molecule has 0 fully saturated rings. The third-order valence-electron chi connectivity index (χ3n) is 2.65. The maximum Gasteiger partial charge on any atom is 0.0619 e. The smallest absolute Gasteiger partial charge is 0.0619 e. The van der Waals surface area contributed by atoms with Crippen LogP contribution in [-0.4, -0.2) is 26.3 Å². The van der Waals surface area contributed by atoms with Gasteiger partial charge in [0.25, 0.3) is 0 Å². The summed E-state index contributed by atoms with van der Waals surface area (Å²) in [7, 11) is 1.76. The molecule has 2 nitrogen and oxygen atoms in total. The Morgan fingerprint density at radius 1 is 1.25 bits per heavy atom. The molecule has 0 aliphatic carbocycles. The Labute approximate surface area is 99.0 Å². The predicted molar refractivity (Wildman–Crippen MR) is 68.8 cm³/mol. The van der Waals surface area contributed by atoms with Crippen molar-refractivity contribution in [3.8, 4) is 0 Å². The maximum atomic E-state index is 5.23. The number of rotatable bonds is 7. The molecular weight excluding hydrogens is 198 g/mol. The van der Waals surface area contributed by atoms with Crippen LogP contribution in [0.4, 0.5) is 0 Å². The summed E-state index contributed by atoms with van der Waals surface area (Å²) in [5.41, 5.74) is 2.69. The first kappa shape index (κ1) is 13.2. The second-order valence-corrected chi connectivity index (χ2v) is 4.30. The number of methoxy groups -OCH3 is 1. The fourth-order valence-corrected chi connectivity index (χ4v) is 1.75. The summed E-state index contributed by atoms with van der Waals surface area (Å²) in [6.45, 7) is 6.13. The average Bonchev–Trinajstić information content (AvgIpc) is 2.29. The van der Waals surface area contributed by atoms with Gasteiger partial charge in [0.05, 0.1) is 6.61 Å². The zero-order valence-electron chi connectivity index (χ0n) is 10.6.